The standard InChI is InChI=1S/C22H21N5O6S2/c1-11(26-7-3-2-4-8-26)13-9-34-20-16(19(31)27(20)17(13)21(32)33)25-18(30)12(5-6-15(28)29)14-10-35-22(23)24-14/h2-5,7-8,10-11,16,20H,6,9H2,1H3,(H4-,23,24,25,28,29,30,32,33)/p+1/b12-5+/t11?,16-,20-/m1/s1. The Morgan fingerprint density at radius 3 is 2.63 bits per heavy atom. The van der Waals surface area contributed by atoms with Gasteiger partial charge in [-0.25, -0.2) is 9.78 Å². The second-order valence-electron chi connectivity index (χ2n) is 7.83. The molecule has 3 atom stereocenters. The van der Waals surface area contributed by atoms with Crippen molar-refractivity contribution in [2.24, 2.45) is 0 Å². The number of nitrogen functional groups attached to an aromatic ring is 1. The van der Waals surface area contributed by atoms with Crippen molar-refractivity contribution in [2.45, 2.75) is 30.8 Å². The van der Waals surface area contributed by atoms with Gasteiger partial charge in [0, 0.05) is 35.8 Å². The van der Waals surface area contributed by atoms with Crippen LogP contribution >= 0.6 is 23.1 Å². The van der Waals surface area contributed by atoms with Gasteiger partial charge in [0.2, 0.25) is 0 Å². The molecule has 35 heavy (non-hydrogen) atoms. The SMILES string of the molecule is CC(C1=C(C(=O)O)N2C(=O)[C@@H](NC(=O)/C(=C/CC(=O)O)c3csc(N)n3)[C@H]2SC1)[n+]1ccccc1. The Balaban J connectivity index is 1.57. The molecule has 1 unspecified atom stereocenters. The second-order valence-corrected chi connectivity index (χ2v) is 9.82. The molecule has 0 aliphatic carbocycles. The van der Waals surface area contributed by atoms with Gasteiger partial charge in [-0.1, -0.05) is 12.1 Å². The monoisotopic (exact) mass is 516 g/mol. The highest BCUT2D eigenvalue weighted by Crippen LogP contribution is 2.42. The van der Waals surface area contributed by atoms with Crippen molar-refractivity contribution in [2.75, 3.05) is 11.5 Å². The number of hydrogen-bond donors (Lipinski definition) is 4. The van der Waals surface area contributed by atoms with E-state index in [0.717, 1.165) is 11.3 Å². The minimum atomic E-state index is -1.22. The van der Waals surface area contributed by atoms with Crippen molar-refractivity contribution in [1.29, 1.82) is 0 Å². The van der Waals surface area contributed by atoms with Crippen LogP contribution in [0.25, 0.3) is 5.57 Å². The lowest BCUT2D eigenvalue weighted by atomic mass is 9.99. The third-order valence-corrected chi connectivity index (χ3v) is 7.68. The van der Waals surface area contributed by atoms with Crippen molar-refractivity contribution >= 4 is 57.6 Å². The average Bonchev–Trinajstić information content (AvgIpc) is 3.27. The summed E-state index contributed by atoms with van der Waals surface area (Å²) in [6.45, 7) is 1.86. The maximum Gasteiger partial charge on any atom is 0.352 e. The normalized spacial score (nSPS) is 20.7. The van der Waals surface area contributed by atoms with Crippen molar-refractivity contribution < 1.29 is 34.0 Å². The molecule has 0 spiro atoms. The molecular weight excluding hydrogens is 494 g/mol. The third kappa shape index (κ3) is 4.77. The number of aromatic nitrogens is 2. The minimum Gasteiger partial charge on any atom is -0.481 e. The maximum absolute atomic E-state index is 13.0. The van der Waals surface area contributed by atoms with E-state index in [2.05, 4.69) is 10.3 Å². The Hall–Kier alpha value is -3.71. The zero-order chi connectivity index (χ0) is 25.3. The lowest BCUT2D eigenvalue weighted by Gasteiger charge is -2.49. The molecule has 13 heteroatoms. The van der Waals surface area contributed by atoms with Crippen molar-refractivity contribution in [3.63, 3.8) is 0 Å². The molecule has 2 aromatic heterocycles. The number of nitrogens with one attached hydrogen (secondary N) is 1. The van der Waals surface area contributed by atoms with E-state index < -0.39 is 41.6 Å². The predicted octanol–water partition coefficient (Wildman–Crippen LogP) is 0.871. The number of thioether (sulfide) groups is 1. The summed E-state index contributed by atoms with van der Waals surface area (Å²) in [5, 5.41) is 22.7. The highest BCUT2D eigenvalue weighted by atomic mass is 32.2. The van der Waals surface area contributed by atoms with Gasteiger partial charge in [-0.2, -0.15) is 4.57 Å². The van der Waals surface area contributed by atoms with E-state index in [1.54, 1.807) is 0 Å². The first-order valence-electron chi connectivity index (χ1n) is 10.5. The van der Waals surface area contributed by atoms with Crippen LogP contribution in [0.1, 0.15) is 25.1 Å². The lowest BCUT2D eigenvalue weighted by molar-refractivity contribution is -0.711. The quantitative estimate of drug-likeness (QED) is 0.226. The summed E-state index contributed by atoms with van der Waals surface area (Å²) in [6.07, 6.45) is 4.43. The van der Waals surface area contributed by atoms with Crippen molar-refractivity contribution in [1.82, 2.24) is 15.2 Å². The van der Waals surface area contributed by atoms with Crippen LogP contribution in [0.4, 0.5) is 5.13 Å². The van der Waals surface area contributed by atoms with Gasteiger partial charge in [0.1, 0.15) is 17.1 Å². The van der Waals surface area contributed by atoms with E-state index in [1.807, 2.05) is 42.1 Å². The van der Waals surface area contributed by atoms with E-state index in [1.165, 1.54) is 28.1 Å². The average molecular weight is 517 g/mol. The van der Waals surface area contributed by atoms with Gasteiger partial charge < -0.3 is 21.3 Å². The number of carbonyl (C=O) groups excluding carboxylic acids is 2. The molecule has 1 saturated heterocycles. The Morgan fingerprint density at radius 2 is 2.03 bits per heavy atom. The summed E-state index contributed by atoms with van der Waals surface area (Å²) in [6, 6.07) is 4.27. The number of aliphatic carboxylic acids is 2. The molecule has 11 nitrogen and oxygen atoms in total. The van der Waals surface area contributed by atoms with Crippen molar-refractivity contribution in [3.8, 4) is 0 Å². The number of rotatable bonds is 8. The van der Waals surface area contributed by atoms with Gasteiger partial charge >= 0.3 is 11.9 Å². The number of thiazole rings is 1. The summed E-state index contributed by atoms with van der Waals surface area (Å²) >= 11 is 2.45. The maximum atomic E-state index is 13.0. The molecule has 4 heterocycles. The first-order chi connectivity index (χ1) is 16.7. The fourth-order valence-corrected chi connectivity index (χ4v) is 5.97. The van der Waals surface area contributed by atoms with Crippen LogP contribution in [0.3, 0.4) is 0 Å². The van der Waals surface area contributed by atoms with Gasteiger partial charge in [-0.3, -0.25) is 19.3 Å². The van der Waals surface area contributed by atoms with Gasteiger partial charge in [-0.15, -0.1) is 23.1 Å². The molecular formula is C22H22N5O6S2+. The van der Waals surface area contributed by atoms with Crippen LogP contribution in [0.2, 0.25) is 0 Å². The van der Waals surface area contributed by atoms with Crippen LogP contribution in [0.15, 0.2) is 53.3 Å². The Morgan fingerprint density at radius 1 is 1.31 bits per heavy atom. The Bertz CT molecular complexity index is 1260. The largest absolute Gasteiger partial charge is 0.481 e. The number of pyridine rings is 1. The summed E-state index contributed by atoms with van der Waals surface area (Å²) in [4.78, 5) is 54.5. The van der Waals surface area contributed by atoms with Crippen molar-refractivity contribution in [3.05, 3.63) is 59.0 Å². The van der Waals surface area contributed by atoms with E-state index in [9.17, 15) is 24.3 Å². The van der Waals surface area contributed by atoms with Crippen LogP contribution in [0.5, 0.6) is 0 Å². The van der Waals surface area contributed by atoms with E-state index in [4.69, 9.17) is 10.8 Å². The predicted molar refractivity (Wildman–Crippen MR) is 128 cm³/mol. The molecule has 4 rings (SSSR count). The molecule has 0 bridgehead atoms. The molecule has 2 aromatic rings. The van der Waals surface area contributed by atoms with Gasteiger partial charge in [0.15, 0.2) is 23.6 Å². The fourth-order valence-electron chi connectivity index (χ4n) is 3.95. The molecule has 0 saturated carbocycles. The Kier molecular flexibility index (Phi) is 6.89. The number of fused-ring (bicyclic) bond motifs is 1. The molecule has 0 radical (unpaired) electrons. The van der Waals surface area contributed by atoms with Crippen LogP contribution < -0.4 is 15.6 Å². The summed E-state index contributed by atoms with van der Waals surface area (Å²) in [5.41, 5.74) is 6.34. The molecule has 182 valence electrons. The lowest BCUT2D eigenvalue weighted by Crippen LogP contribution is -2.70. The fraction of sp³-hybridized carbons (Fsp3) is 0.273. The number of β-lactam (4-membered cyclic amide) rings is 1. The molecule has 2 aliphatic heterocycles. The number of amides is 2. The zero-order valence-electron chi connectivity index (χ0n) is 18.5. The minimum absolute atomic E-state index is 0.0174. The molecule has 2 aliphatic rings. The van der Waals surface area contributed by atoms with Crippen LogP contribution in [-0.2, 0) is 19.2 Å². The summed E-state index contributed by atoms with van der Waals surface area (Å²) < 4.78 is 1.86. The smallest absolute Gasteiger partial charge is 0.352 e. The van der Waals surface area contributed by atoms with E-state index in [-0.39, 0.29) is 28.1 Å². The van der Waals surface area contributed by atoms with Gasteiger partial charge in [0.25, 0.3) is 11.8 Å². The second kappa shape index (κ2) is 9.88. The topological polar surface area (TPSA) is 167 Å². The number of carboxylic acid groups (broad SMARTS) is 2. The summed E-state index contributed by atoms with van der Waals surface area (Å²) in [5.74, 6) is -3.23. The van der Waals surface area contributed by atoms with E-state index >= 15 is 0 Å². The highest BCUT2D eigenvalue weighted by molar-refractivity contribution is 8.00. The number of nitrogens with zero attached hydrogens (tertiary/aromatic N) is 3. The van der Waals surface area contributed by atoms with Gasteiger partial charge in [0.05, 0.1) is 17.7 Å². The third-order valence-electron chi connectivity index (χ3n) is 5.70. The Labute approximate surface area is 208 Å². The number of hydrogen-bond acceptors (Lipinski definition) is 8. The number of carbonyl (C=O) groups is 4. The summed E-state index contributed by atoms with van der Waals surface area (Å²) in [7, 11) is 0. The molecule has 1 fully saturated rings. The zero-order valence-corrected chi connectivity index (χ0v) is 20.1. The van der Waals surface area contributed by atoms with Gasteiger partial charge in [-0.05, 0) is 0 Å². The van der Waals surface area contributed by atoms with E-state index in [0.29, 0.717) is 11.3 Å². The molecule has 2 amide bonds. The van der Waals surface area contributed by atoms with Crippen LogP contribution in [0, 0.1) is 0 Å². The highest BCUT2D eigenvalue weighted by Gasteiger charge is 2.55. The first kappa shape index (κ1) is 24.4. The number of carboxylic acids is 2. The molecule has 5 N–H and O–H groups in total. The van der Waals surface area contributed by atoms with Crippen LogP contribution in [-0.4, -0.2) is 61.0 Å². The molecule has 0 aromatic carbocycles. The number of nitrogens with two attached hydrogens (primary N) is 1. The number of anilines is 1. The first-order valence-corrected chi connectivity index (χ1v) is 12.4.